The molecule has 92 valence electrons. The molecule has 0 atom stereocenters. The van der Waals surface area contributed by atoms with E-state index in [0.29, 0.717) is 23.9 Å². The number of aromatic nitrogens is 1. The minimum absolute atomic E-state index is 0.285. The van der Waals surface area contributed by atoms with Gasteiger partial charge in [-0.05, 0) is 38.5 Å². The topological polar surface area (TPSA) is 62.2 Å². The van der Waals surface area contributed by atoms with Gasteiger partial charge in [-0.2, -0.15) is 0 Å². The molecule has 17 heavy (non-hydrogen) atoms. The Morgan fingerprint density at radius 3 is 2.82 bits per heavy atom. The van der Waals surface area contributed by atoms with Gasteiger partial charge in [-0.25, -0.2) is 4.98 Å². The second-order valence-corrected chi connectivity index (χ2v) is 5.90. The summed E-state index contributed by atoms with van der Waals surface area (Å²) in [4.78, 5) is 16.3. The van der Waals surface area contributed by atoms with Crippen LogP contribution in [0, 0.1) is 0 Å². The van der Waals surface area contributed by atoms with E-state index in [1.165, 1.54) is 24.2 Å². The molecule has 1 aromatic rings. The van der Waals surface area contributed by atoms with E-state index in [1.54, 1.807) is 0 Å². The van der Waals surface area contributed by atoms with Crippen molar-refractivity contribution in [1.29, 1.82) is 0 Å². The highest BCUT2D eigenvalue weighted by atomic mass is 32.1. The van der Waals surface area contributed by atoms with Crippen molar-refractivity contribution in [3.8, 4) is 0 Å². The number of hydrogen-bond acceptors (Lipinski definition) is 4. The maximum absolute atomic E-state index is 11.9. The van der Waals surface area contributed by atoms with Crippen molar-refractivity contribution in [3.05, 3.63) is 11.1 Å². The molecular weight excluding hydrogens is 236 g/mol. The largest absolute Gasteiger partial charge is 0.380 e. The van der Waals surface area contributed by atoms with Crippen molar-refractivity contribution in [3.63, 3.8) is 0 Å². The van der Waals surface area contributed by atoms with Crippen LogP contribution in [0.4, 0.5) is 5.13 Å². The molecule has 2 aliphatic rings. The summed E-state index contributed by atoms with van der Waals surface area (Å²) in [6.45, 7) is 0. The molecule has 1 amide bonds. The van der Waals surface area contributed by atoms with Crippen LogP contribution >= 0.6 is 11.3 Å². The van der Waals surface area contributed by atoms with Gasteiger partial charge in [0.15, 0.2) is 5.13 Å². The number of anilines is 1. The molecule has 0 radical (unpaired) electrons. The lowest BCUT2D eigenvalue weighted by molar-refractivity contribution is -0.133. The fourth-order valence-electron chi connectivity index (χ4n) is 2.31. The zero-order valence-electron chi connectivity index (χ0n) is 9.61. The van der Waals surface area contributed by atoms with Gasteiger partial charge in [-0.1, -0.05) is 0 Å². The van der Waals surface area contributed by atoms with Crippen LogP contribution in [0.1, 0.15) is 50.1 Å². The monoisotopic (exact) mass is 252 g/mol. The third-order valence-electron chi connectivity index (χ3n) is 3.59. The number of amides is 1. The van der Waals surface area contributed by atoms with E-state index in [4.69, 9.17) is 0 Å². The van der Waals surface area contributed by atoms with Crippen molar-refractivity contribution in [2.45, 2.75) is 50.0 Å². The fourth-order valence-corrected chi connectivity index (χ4v) is 3.10. The number of thiazole rings is 1. The first-order valence-electron chi connectivity index (χ1n) is 6.17. The first-order chi connectivity index (χ1) is 8.17. The van der Waals surface area contributed by atoms with E-state index < -0.39 is 5.60 Å². The molecule has 2 saturated carbocycles. The Labute approximate surface area is 104 Å². The maximum atomic E-state index is 11.9. The Hall–Kier alpha value is -0.940. The van der Waals surface area contributed by atoms with Gasteiger partial charge in [-0.3, -0.25) is 10.1 Å². The van der Waals surface area contributed by atoms with Gasteiger partial charge in [-0.15, -0.1) is 11.3 Å². The van der Waals surface area contributed by atoms with Gasteiger partial charge in [0.25, 0.3) is 5.91 Å². The second-order valence-electron chi connectivity index (χ2n) is 5.04. The summed E-state index contributed by atoms with van der Waals surface area (Å²) in [5.74, 6) is 0.318. The molecule has 4 nitrogen and oxygen atoms in total. The molecule has 0 spiro atoms. The van der Waals surface area contributed by atoms with Crippen LogP contribution in [0.15, 0.2) is 5.38 Å². The Balaban J connectivity index is 1.66. The van der Waals surface area contributed by atoms with Gasteiger partial charge in [0.05, 0.1) is 5.69 Å². The standard InChI is InChI=1S/C12H16N2O2S/c15-10(12(16)5-1-2-6-12)14-11-13-9(7-17-11)8-3-4-8/h7-8,16H,1-6H2,(H,13,14,15). The van der Waals surface area contributed by atoms with Crippen LogP contribution in [0.2, 0.25) is 0 Å². The molecule has 2 fully saturated rings. The minimum atomic E-state index is -1.16. The molecule has 0 saturated heterocycles. The van der Waals surface area contributed by atoms with Crippen LogP contribution in [-0.2, 0) is 4.79 Å². The number of rotatable bonds is 3. The zero-order valence-corrected chi connectivity index (χ0v) is 10.4. The third kappa shape index (κ3) is 2.21. The number of carbonyl (C=O) groups is 1. The first-order valence-corrected chi connectivity index (χ1v) is 7.05. The predicted octanol–water partition coefficient (Wildman–Crippen LogP) is 2.26. The molecule has 3 rings (SSSR count). The minimum Gasteiger partial charge on any atom is -0.380 e. The quantitative estimate of drug-likeness (QED) is 0.867. The normalized spacial score (nSPS) is 22.6. The number of aliphatic hydroxyl groups is 1. The average molecular weight is 252 g/mol. The van der Waals surface area contributed by atoms with E-state index in [0.717, 1.165) is 18.5 Å². The van der Waals surface area contributed by atoms with Crippen LogP contribution < -0.4 is 5.32 Å². The smallest absolute Gasteiger partial charge is 0.258 e. The maximum Gasteiger partial charge on any atom is 0.258 e. The van der Waals surface area contributed by atoms with Gasteiger partial charge in [0, 0.05) is 11.3 Å². The van der Waals surface area contributed by atoms with Crippen molar-refractivity contribution >= 4 is 22.4 Å². The summed E-state index contributed by atoms with van der Waals surface area (Å²) in [7, 11) is 0. The van der Waals surface area contributed by atoms with E-state index in [2.05, 4.69) is 10.3 Å². The predicted molar refractivity (Wildman–Crippen MR) is 66.1 cm³/mol. The van der Waals surface area contributed by atoms with Crippen LogP contribution in [0.25, 0.3) is 0 Å². The molecule has 2 aliphatic carbocycles. The van der Waals surface area contributed by atoms with Crippen molar-refractivity contribution in [2.75, 3.05) is 5.32 Å². The van der Waals surface area contributed by atoms with E-state index in [1.807, 2.05) is 5.38 Å². The number of nitrogens with zero attached hydrogens (tertiary/aromatic N) is 1. The van der Waals surface area contributed by atoms with Gasteiger partial charge in [0.1, 0.15) is 5.60 Å². The van der Waals surface area contributed by atoms with Gasteiger partial charge < -0.3 is 5.11 Å². The highest BCUT2D eigenvalue weighted by Gasteiger charge is 2.39. The zero-order chi connectivity index (χ0) is 11.9. The molecule has 2 N–H and O–H groups in total. The summed E-state index contributed by atoms with van der Waals surface area (Å²) in [5.41, 5.74) is -0.0745. The van der Waals surface area contributed by atoms with Crippen LogP contribution in [0.5, 0.6) is 0 Å². The number of hydrogen-bond donors (Lipinski definition) is 2. The van der Waals surface area contributed by atoms with Crippen LogP contribution in [0.3, 0.4) is 0 Å². The van der Waals surface area contributed by atoms with Gasteiger partial charge in [0.2, 0.25) is 0 Å². The lowest BCUT2D eigenvalue weighted by atomic mass is 10.0. The Kier molecular flexibility index (Phi) is 2.67. The summed E-state index contributed by atoms with van der Waals surface area (Å²) >= 11 is 1.45. The van der Waals surface area contributed by atoms with E-state index in [-0.39, 0.29) is 5.91 Å². The first kappa shape index (κ1) is 11.2. The highest BCUT2D eigenvalue weighted by Crippen LogP contribution is 2.41. The SMILES string of the molecule is O=C(Nc1nc(C2CC2)cs1)C1(O)CCCC1. The number of carbonyl (C=O) groups excluding carboxylic acids is 1. The van der Waals surface area contributed by atoms with Crippen molar-refractivity contribution in [2.24, 2.45) is 0 Å². The molecule has 0 unspecified atom stereocenters. The molecule has 0 bridgehead atoms. The summed E-state index contributed by atoms with van der Waals surface area (Å²) in [6.07, 6.45) is 5.41. The molecular formula is C12H16N2O2S. The molecule has 0 aromatic carbocycles. The average Bonchev–Trinajstić information content (AvgIpc) is 2.89. The molecule has 5 heteroatoms. The summed E-state index contributed by atoms with van der Waals surface area (Å²) in [5, 5.41) is 15.5. The summed E-state index contributed by atoms with van der Waals surface area (Å²) in [6, 6.07) is 0. The van der Waals surface area contributed by atoms with Crippen LogP contribution in [-0.4, -0.2) is 21.6 Å². The Morgan fingerprint density at radius 1 is 1.47 bits per heavy atom. The Morgan fingerprint density at radius 2 is 2.18 bits per heavy atom. The third-order valence-corrected chi connectivity index (χ3v) is 4.37. The second kappa shape index (κ2) is 4.07. The van der Waals surface area contributed by atoms with Crippen molar-refractivity contribution in [1.82, 2.24) is 4.98 Å². The fraction of sp³-hybridized carbons (Fsp3) is 0.667. The lowest BCUT2D eigenvalue weighted by Crippen LogP contribution is -2.40. The summed E-state index contributed by atoms with van der Waals surface area (Å²) < 4.78 is 0. The van der Waals surface area contributed by atoms with Gasteiger partial charge >= 0.3 is 0 Å². The van der Waals surface area contributed by atoms with Crippen molar-refractivity contribution < 1.29 is 9.90 Å². The number of nitrogens with one attached hydrogen (secondary N) is 1. The molecule has 1 heterocycles. The van der Waals surface area contributed by atoms with E-state index in [9.17, 15) is 9.90 Å². The lowest BCUT2D eigenvalue weighted by Gasteiger charge is -2.19. The highest BCUT2D eigenvalue weighted by molar-refractivity contribution is 7.13. The molecule has 0 aliphatic heterocycles. The Bertz CT molecular complexity index is 433. The van der Waals surface area contributed by atoms with E-state index >= 15 is 0 Å². The molecule has 1 aromatic heterocycles.